The minimum Gasteiger partial charge on any atom is -0.244 e. The number of hydrogen-bond acceptors (Lipinski definition) is 4. The first-order valence-corrected chi connectivity index (χ1v) is 7.77. The third-order valence-electron chi connectivity index (χ3n) is 3.52. The van der Waals surface area contributed by atoms with Gasteiger partial charge in [-0.15, -0.1) is 0 Å². The van der Waals surface area contributed by atoms with Crippen LogP contribution >= 0.6 is 0 Å². The molecule has 6 heteroatoms. The summed E-state index contributed by atoms with van der Waals surface area (Å²) in [6, 6.07) is 4.81. The lowest BCUT2D eigenvalue weighted by Crippen LogP contribution is -2.45. The molecular formula is C13H17N3O2S. The first-order valence-electron chi connectivity index (χ1n) is 6.33. The molecule has 0 spiro atoms. The highest BCUT2D eigenvalue weighted by molar-refractivity contribution is 7.89. The lowest BCUT2D eigenvalue weighted by molar-refractivity contribution is 0.218. The first-order chi connectivity index (χ1) is 8.96. The molecule has 1 fully saturated rings. The third-order valence-corrected chi connectivity index (χ3v) is 5.54. The molecule has 2 heterocycles. The normalized spacial score (nSPS) is 24.9. The lowest BCUT2D eigenvalue weighted by Gasteiger charge is -2.35. The van der Waals surface area contributed by atoms with Gasteiger partial charge < -0.3 is 0 Å². The Labute approximate surface area is 113 Å². The Morgan fingerprint density at radius 3 is 2.84 bits per heavy atom. The van der Waals surface area contributed by atoms with Gasteiger partial charge in [0.25, 0.3) is 0 Å². The van der Waals surface area contributed by atoms with Crippen LogP contribution in [0.4, 0.5) is 0 Å². The van der Waals surface area contributed by atoms with Crippen molar-refractivity contribution < 1.29 is 8.42 Å². The first kappa shape index (κ1) is 14.0. The minimum absolute atomic E-state index is 0.0125. The minimum atomic E-state index is -3.64. The summed E-state index contributed by atoms with van der Waals surface area (Å²) in [6.07, 6.45) is 3.31. The molecule has 1 aromatic heterocycles. The fourth-order valence-electron chi connectivity index (χ4n) is 2.39. The number of piperidine rings is 1. The van der Waals surface area contributed by atoms with Crippen LogP contribution in [-0.4, -0.2) is 30.3 Å². The van der Waals surface area contributed by atoms with Crippen LogP contribution < -0.4 is 0 Å². The Bertz CT molecular complexity index is 607. The van der Waals surface area contributed by atoms with E-state index in [0.29, 0.717) is 12.5 Å². The maximum Gasteiger partial charge on any atom is 0.246 e. The largest absolute Gasteiger partial charge is 0.246 e. The molecule has 2 rings (SSSR count). The van der Waals surface area contributed by atoms with Crippen molar-refractivity contribution in [1.82, 2.24) is 9.29 Å². The van der Waals surface area contributed by atoms with Crippen LogP contribution in [0.5, 0.6) is 0 Å². The van der Waals surface area contributed by atoms with Crippen molar-refractivity contribution in [3.63, 3.8) is 0 Å². The Kier molecular flexibility index (Phi) is 3.88. The van der Waals surface area contributed by atoms with Gasteiger partial charge in [-0.05, 0) is 37.8 Å². The molecule has 0 radical (unpaired) electrons. The van der Waals surface area contributed by atoms with Gasteiger partial charge in [-0.3, -0.25) is 0 Å². The molecule has 1 saturated heterocycles. The summed E-state index contributed by atoms with van der Waals surface area (Å²) < 4.78 is 26.8. The highest BCUT2D eigenvalue weighted by Crippen LogP contribution is 2.28. The molecule has 0 bridgehead atoms. The molecule has 0 aliphatic carbocycles. The van der Waals surface area contributed by atoms with Crippen molar-refractivity contribution in [2.24, 2.45) is 5.92 Å². The molecule has 2 unspecified atom stereocenters. The van der Waals surface area contributed by atoms with Crippen LogP contribution in [0.25, 0.3) is 0 Å². The molecule has 5 nitrogen and oxygen atoms in total. The average molecular weight is 279 g/mol. The fraction of sp³-hybridized carbons (Fsp3) is 0.538. The Balaban J connectivity index is 2.45. The van der Waals surface area contributed by atoms with Crippen molar-refractivity contribution in [3.05, 3.63) is 24.0 Å². The average Bonchev–Trinajstić information content (AvgIpc) is 2.41. The Morgan fingerprint density at radius 1 is 1.42 bits per heavy atom. The van der Waals surface area contributed by atoms with E-state index in [4.69, 9.17) is 5.26 Å². The summed E-state index contributed by atoms with van der Waals surface area (Å²) in [6.45, 7) is 4.46. The number of nitrogens with zero attached hydrogens (tertiary/aromatic N) is 3. The molecule has 0 amide bonds. The van der Waals surface area contributed by atoms with E-state index < -0.39 is 10.0 Å². The zero-order valence-electron chi connectivity index (χ0n) is 11.1. The van der Waals surface area contributed by atoms with Crippen LogP contribution in [0.2, 0.25) is 0 Å². The van der Waals surface area contributed by atoms with Gasteiger partial charge in [-0.2, -0.15) is 9.57 Å². The molecule has 1 aromatic rings. The highest BCUT2D eigenvalue weighted by Gasteiger charge is 2.35. The van der Waals surface area contributed by atoms with Gasteiger partial charge in [0.15, 0.2) is 5.69 Å². The number of hydrogen-bond donors (Lipinski definition) is 0. The third kappa shape index (κ3) is 2.62. The van der Waals surface area contributed by atoms with Gasteiger partial charge in [0, 0.05) is 18.8 Å². The predicted octanol–water partition coefficient (Wildman–Crippen LogP) is 1.76. The van der Waals surface area contributed by atoms with E-state index in [9.17, 15) is 8.42 Å². The molecule has 1 aliphatic heterocycles. The summed E-state index contributed by atoms with van der Waals surface area (Å²) in [5.74, 6) is 0.341. The predicted molar refractivity (Wildman–Crippen MR) is 70.7 cm³/mol. The van der Waals surface area contributed by atoms with Crippen molar-refractivity contribution >= 4 is 10.0 Å². The molecule has 102 valence electrons. The van der Waals surface area contributed by atoms with Crippen molar-refractivity contribution in [2.75, 3.05) is 6.54 Å². The van der Waals surface area contributed by atoms with E-state index in [1.54, 1.807) is 6.07 Å². The number of pyridine rings is 1. The van der Waals surface area contributed by atoms with Crippen LogP contribution in [0, 0.1) is 17.2 Å². The van der Waals surface area contributed by atoms with Gasteiger partial charge in [0.05, 0.1) is 0 Å². The molecule has 19 heavy (non-hydrogen) atoms. The van der Waals surface area contributed by atoms with Crippen LogP contribution in [0.1, 0.15) is 32.4 Å². The monoisotopic (exact) mass is 279 g/mol. The summed E-state index contributed by atoms with van der Waals surface area (Å²) in [4.78, 5) is 3.85. The maximum absolute atomic E-state index is 12.7. The molecule has 0 saturated carbocycles. The SMILES string of the molecule is CC1CCC(C)N(S(=O)(=O)c2cccnc2C#N)C1. The van der Waals surface area contributed by atoms with Crippen molar-refractivity contribution in [2.45, 2.75) is 37.6 Å². The van der Waals surface area contributed by atoms with Crippen molar-refractivity contribution in [1.29, 1.82) is 5.26 Å². The van der Waals surface area contributed by atoms with Gasteiger partial charge in [0.2, 0.25) is 10.0 Å². The zero-order chi connectivity index (χ0) is 14.0. The summed E-state index contributed by atoms with van der Waals surface area (Å²) in [7, 11) is -3.64. The number of nitriles is 1. The molecule has 0 N–H and O–H groups in total. The molecule has 1 aliphatic rings. The van der Waals surface area contributed by atoms with E-state index in [0.717, 1.165) is 12.8 Å². The topological polar surface area (TPSA) is 74.1 Å². The second kappa shape index (κ2) is 5.27. The zero-order valence-corrected chi connectivity index (χ0v) is 11.9. The number of aromatic nitrogens is 1. The molecule has 0 aromatic carbocycles. The fourth-order valence-corrected chi connectivity index (χ4v) is 4.27. The van der Waals surface area contributed by atoms with Crippen LogP contribution in [-0.2, 0) is 10.0 Å². The molecular weight excluding hydrogens is 262 g/mol. The highest BCUT2D eigenvalue weighted by atomic mass is 32.2. The van der Waals surface area contributed by atoms with Gasteiger partial charge in [0.1, 0.15) is 11.0 Å². The van der Waals surface area contributed by atoms with Gasteiger partial charge >= 0.3 is 0 Å². The maximum atomic E-state index is 12.7. The van der Waals surface area contributed by atoms with E-state index in [-0.39, 0.29) is 16.6 Å². The summed E-state index contributed by atoms with van der Waals surface area (Å²) in [5.41, 5.74) is -0.0343. The second-order valence-electron chi connectivity index (χ2n) is 5.07. The smallest absolute Gasteiger partial charge is 0.244 e. The standard InChI is InChI=1S/C13H17N3O2S/c1-10-5-6-11(2)16(9-10)19(17,18)13-4-3-7-15-12(13)8-14/h3-4,7,10-11H,5-6,9H2,1-2H3. The lowest BCUT2D eigenvalue weighted by atomic mass is 9.97. The molecule has 2 atom stereocenters. The summed E-state index contributed by atoms with van der Waals surface area (Å²) >= 11 is 0. The van der Waals surface area contributed by atoms with E-state index in [1.165, 1.54) is 16.6 Å². The Hall–Kier alpha value is -1.45. The second-order valence-corrected chi connectivity index (χ2v) is 6.93. The van der Waals surface area contributed by atoms with Crippen LogP contribution in [0.3, 0.4) is 0 Å². The van der Waals surface area contributed by atoms with E-state index in [1.807, 2.05) is 19.9 Å². The van der Waals surface area contributed by atoms with Crippen molar-refractivity contribution in [3.8, 4) is 6.07 Å². The Morgan fingerprint density at radius 2 is 2.16 bits per heavy atom. The quantitative estimate of drug-likeness (QED) is 0.826. The number of rotatable bonds is 2. The van der Waals surface area contributed by atoms with E-state index in [2.05, 4.69) is 4.98 Å². The number of sulfonamides is 1. The van der Waals surface area contributed by atoms with E-state index >= 15 is 0 Å². The van der Waals surface area contributed by atoms with Crippen LogP contribution in [0.15, 0.2) is 23.2 Å². The summed E-state index contributed by atoms with van der Waals surface area (Å²) in [5, 5.41) is 9.00. The van der Waals surface area contributed by atoms with Gasteiger partial charge in [-0.25, -0.2) is 13.4 Å². The van der Waals surface area contributed by atoms with Gasteiger partial charge in [-0.1, -0.05) is 6.92 Å².